The van der Waals surface area contributed by atoms with Crippen molar-refractivity contribution in [2.45, 2.75) is 61.7 Å². The zero-order valence-electron chi connectivity index (χ0n) is 24.2. The van der Waals surface area contributed by atoms with E-state index in [1.54, 1.807) is 53.1 Å². The van der Waals surface area contributed by atoms with Gasteiger partial charge in [-0.05, 0) is 92.6 Å². The van der Waals surface area contributed by atoms with Crippen LogP contribution in [0.25, 0.3) is 11.8 Å². The van der Waals surface area contributed by atoms with Gasteiger partial charge in [-0.1, -0.05) is 5.57 Å². The fraction of sp³-hybridized carbons (Fsp3) is 0.344. The monoisotopic (exact) mass is 639 g/mol. The molecule has 0 saturated heterocycles. The standard InChI is InChI=1S/C32H29F4N5O3S/c1-39-13-11-27(19-39)45(43,44)41(25-8-9-25)26-5-2-21-15-29-20(18-38-40(29)24-6-3-23(33)4-7-24)16-31(21,17-26)30(42)28-14-22(10-12-37-28)32(34,35)36/h3-4,6-7,10-15,18-19,25-26H,2,5,8-9,16-17H2,1H3/t26-,31-/m0/s1. The number of sulfonamides is 1. The number of benzene rings is 1. The smallest absolute Gasteiger partial charge is 0.356 e. The van der Waals surface area contributed by atoms with Crippen LogP contribution in [0.5, 0.6) is 0 Å². The average Bonchev–Trinajstić information content (AvgIpc) is 3.59. The highest BCUT2D eigenvalue weighted by Gasteiger charge is 2.54. The first-order chi connectivity index (χ1) is 21.4. The van der Waals surface area contributed by atoms with Crippen LogP contribution in [0.15, 0.2) is 77.7 Å². The first kappa shape index (κ1) is 29.6. The maximum absolute atomic E-state index is 14.5. The summed E-state index contributed by atoms with van der Waals surface area (Å²) in [5, 5.41) is 4.50. The predicted octanol–water partition coefficient (Wildman–Crippen LogP) is 5.98. The van der Waals surface area contributed by atoms with E-state index in [-0.39, 0.29) is 29.5 Å². The average molecular weight is 640 g/mol. The van der Waals surface area contributed by atoms with E-state index in [0.717, 1.165) is 18.3 Å². The number of hydrogen-bond donors (Lipinski definition) is 0. The van der Waals surface area contributed by atoms with Gasteiger partial charge in [0.1, 0.15) is 11.5 Å². The molecule has 0 aliphatic heterocycles. The van der Waals surface area contributed by atoms with Gasteiger partial charge in [0.2, 0.25) is 10.0 Å². The quantitative estimate of drug-likeness (QED) is 0.184. The van der Waals surface area contributed by atoms with Crippen LogP contribution in [0.3, 0.4) is 0 Å². The van der Waals surface area contributed by atoms with E-state index in [4.69, 9.17) is 0 Å². The van der Waals surface area contributed by atoms with Gasteiger partial charge in [-0.15, -0.1) is 0 Å². The molecule has 0 N–H and O–H groups in total. The van der Waals surface area contributed by atoms with Crippen LogP contribution in [-0.4, -0.2) is 49.9 Å². The van der Waals surface area contributed by atoms with Crippen LogP contribution in [0.1, 0.15) is 59.4 Å². The van der Waals surface area contributed by atoms with Crippen molar-refractivity contribution < 1.29 is 30.8 Å². The number of aromatic nitrogens is 4. The van der Waals surface area contributed by atoms with Crippen LogP contribution in [0.4, 0.5) is 17.6 Å². The van der Waals surface area contributed by atoms with Crippen molar-refractivity contribution in [2.24, 2.45) is 12.5 Å². The van der Waals surface area contributed by atoms with E-state index in [1.165, 1.54) is 16.4 Å². The van der Waals surface area contributed by atoms with Gasteiger partial charge in [-0.2, -0.15) is 22.6 Å². The molecule has 0 bridgehead atoms. The van der Waals surface area contributed by atoms with Crippen molar-refractivity contribution in [1.82, 2.24) is 23.6 Å². The molecule has 7 rings (SSSR count). The molecule has 45 heavy (non-hydrogen) atoms. The summed E-state index contributed by atoms with van der Waals surface area (Å²) in [6.07, 6.45) is 5.29. The Morgan fingerprint density at radius 3 is 2.49 bits per heavy atom. The van der Waals surface area contributed by atoms with E-state index in [1.807, 2.05) is 6.08 Å². The van der Waals surface area contributed by atoms with Gasteiger partial charge in [-0.25, -0.2) is 17.5 Å². The Morgan fingerprint density at radius 1 is 1.07 bits per heavy atom. The molecule has 3 aliphatic carbocycles. The summed E-state index contributed by atoms with van der Waals surface area (Å²) >= 11 is 0. The third-order valence-corrected chi connectivity index (χ3v) is 11.1. The Morgan fingerprint density at radius 2 is 1.82 bits per heavy atom. The fourth-order valence-corrected chi connectivity index (χ4v) is 8.79. The van der Waals surface area contributed by atoms with E-state index >= 15 is 0 Å². The molecular weight excluding hydrogens is 610 g/mol. The minimum atomic E-state index is -4.67. The largest absolute Gasteiger partial charge is 0.416 e. The maximum Gasteiger partial charge on any atom is 0.416 e. The molecular formula is C32H29F4N5O3S. The molecule has 3 heterocycles. The zero-order chi connectivity index (χ0) is 31.7. The van der Waals surface area contributed by atoms with Crippen molar-refractivity contribution in [2.75, 3.05) is 0 Å². The first-order valence-corrected chi connectivity index (χ1v) is 16.1. The molecule has 234 valence electrons. The lowest BCUT2D eigenvalue weighted by Gasteiger charge is -2.46. The van der Waals surface area contributed by atoms with Gasteiger partial charge >= 0.3 is 6.18 Å². The number of rotatable bonds is 7. The Balaban J connectivity index is 1.33. The van der Waals surface area contributed by atoms with E-state index < -0.39 is 44.8 Å². The van der Waals surface area contributed by atoms with E-state index in [9.17, 15) is 30.8 Å². The van der Waals surface area contributed by atoms with Crippen LogP contribution in [-0.2, 0) is 29.7 Å². The van der Waals surface area contributed by atoms with Gasteiger partial charge < -0.3 is 4.57 Å². The highest BCUT2D eigenvalue weighted by Crippen LogP contribution is 2.53. The van der Waals surface area contributed by atoms with Gasteiger partial charge in [0.05, 0.1) is 33.5 Å². The van der Waals surface area contributed by atoms with Crippen molar-refractivity contribution >= 4 is 21.9 Å². The van der Waals surface area contributed by atoms with E-state index in [0.29, 0.717) is 48.2 Å². The van der Waals surface area contributed by atoms with Crippen molar-refractivity contribution in [1.29, 1.82) is 0 Å². The Kier molecular flexibility index (Phi) is 6.89. The minimum Gasteiger partial charge on any atom is -0.356 e. The van der Waals surface area contributed by atoms with Gasteiger partial charge in [0.25, 0.3) is 0 Å². The molecule has 0 unspecified atom stereocenters. The summed E-state index contributed by atoms with van der Waals surface area (Å²) < 4.78 is 87.5. The summed E-state index contributed by atoms with van der Waals surface area (Å²) in [6.45, 7) is 0. The number of nitrogens with zero attached hydrogens (tertiary/aromatic N) is 5. The summed E-state index contributed by atoms with van der Waals surface area (Å²) in [5.74, 6) is -0.988. The lowest BCUT2D eigenvalue weighted by Crippen LogP contribution is -2.51. The number of allylic oxidation sites excluding steroid dienone is 1. The van der Waals surface area contributed by atoms with E-state index in [2.05, 4.69) is 10.1 Å². The second-order valence-corrected chi connectivity index (χ2v) is 13.9. The number of fused-ring (bicyclic) bond motifs is 2. The van der Waals surface area contributed by atoms with Crippen LogP contribution < -0.4 is 0 Å². The summed E-state index contributed by atoms with van der Waals surface area (Å²) in [5.41, 5.74) is 0.00187. The molecule has 3 aromatic heterocycles. The van der Waals surface area contributed by atoms with Crippen molar-refractivity contribution in [3.05, 3.63) is 101 Å². The number of hydrogen-bond acceptors (Lipinski definition) is 5. The molecule has 4 aromatic rings. The summed E-state index contributed by atoms with van der Waals surface area (Å²) in [7, 11) is -2.19. The maximum atomic E-state index is 14.5. The zero-order valence-corrected chi connectivity index (χ0v) is 25.0. The third kappa shape index (κ3) is 5.11. The predicted molar refractivity (Wildman–Crippen MR) is 156 cm³/mol. The number of Topliss-reactive ketones (excluding diaryl/α,β-unsaturated/α-hetero) is 1. The van der Waals surface area contributed by atoms with Crippen LogP contribution in [0.2, 0.25) is 0 Å². The normalized spacial score (nSPS) is 21.7. The Labute approximate surface area is 257 Å². The highest BCUT2D eigenvalue weighted by molar-refractivity contribution is 7.89. The SMILES string of the molecule is Cn1ccc(S(=O)(=O)N(C2CC2)[C@H]2CCC3=Cc4c(cnn4-c4ccc(F)cc4)C[C@]3(C(=O)c3cc(C(F)(F)F)ccn3)C2)c1. The molecule has 0 radical (unpaired) electrons. The second-order valence-electron chi connectivity index (χ2n) is 12.1. The highest BCUT2D eigenvalue weighted by atomic mass is 32.2. The van der Waals surface area contributed by atoms with Crippen molar-refractivity contribution in [3.63, 3.8) is 0 Å². The van der Waals surface area contributed by atoms with Crippen molar-refractivity contribution in [3.8, 4) is 5.69 Å². The molecule has 8 nitrogen and oxygen atoms in total. The number of carbonyl (C=O) groups is 1. The molecule has 1 aromatic carbocycles. The minimum absolute atomic E-state index is 0.0827. The number of ketones is 1. The molecule has 2 atom stereocenters. The second kappa shape index (κ2) is 10.5. The first-order valence-electron chi connectivity index (χ1n) is 14.6. The Hall–Kier alpha value is -4.10. The lowest BCUT2D eigenvalue weighted by atomic mass is 9.60. The van der Waals surface area contributed by atoms with Gasteiger partial charge in [-0.3, -0.25) is 9.78 Å². The van der Waals surface area contributed by atoms with Gasteiger partial charge in [0.15, 0.2) is 5.78 Å². The number of alkyl halides is 3. The number of halogens is 4. The summed E-state index contributed by atoms with van der Waals surface area (Å²) in [4.78, 5) is 18.8. The Bertz CT molecular complexity index is 1940. The molecule has 3 aliphatic rings. The molecule has 0 spiro atoms. The number of aryl methyl sites for hydroxylation is 1. The molecule has 2 fully saturated rings. The topological polar surface area (TPSA) is 90.1 Å². The molecule has 13 heteroatoms. The molecule has 0 amide bonds. The molecule has 2 saturated carbocycles. The number of carbonyl (C=O) groups excluding carboxylic acids is 1. The third-order valence-electron chi connectivity index (χ3n) is 9.11. The fourth-order valence-electron chi connectivity index (χ4n) is 6.84. The van der Waals surface area contributed by atoms with Crippen LogP contribution in [0, 0.1) is 11.2 Å². The van der Waals surface area contributed by atoms with Crippen LogP contribution >= 0.6 is 0 Å². The number of pyridine rings is 1. The van der Waals surface area contributed by atoms with Gasteiger partial charge in [0, 0.05) is 37.7 Å². The lowest BCUT2D eigenvalue weighted by molar-refractivity contribution is -0.137. The summed E-state index contributed by atoms with van der Waals surface area (Å²) in [6, 6.07) is 8.15.